The van der Waals surface area contributed by atoms with Crippen molar-refractivity contribution in [2.75, 3.05) is 20.5 Å². The molecule has 7 nitrogen and oxygen atoms in total. The molecule has 0 fully saturated rings. The van der Waals surface area contributed by atoms with Crippen LogP contribution in [0.25, 0.3) is 0 Å². The summed E-state index contributed by atoms with van der Waals surface area (Å²) in [4.78, 5) is 12.5. The summed E-state index contributed by atoms with van der Waals surface area (Å²) in [5, 5.41) is 0. The second kappa shape index (κ2) is 20.9. The molecule has 4 atom stereocenters. The minimum Gasteiger partial charge on any atom is -0.469 e. The lowest BCUT2D eigenvalue weighted by molar-refractivity contribution is -0.148. The lowest BCUT2D eigenvalue weighted by Gasteiger charge is -2.26. The zero-order valence-corrected chi connectivity index (χ0v) is 29.1. The Balaban J connectivity index is 1.77. The van der Waals surface area contributed by atoms with E-state index < -0.39 is 20.3 Å². The second-order valence-corrected chi connectivity index (χ2v) is 18.3. The molecule has 0 aliphatic heterocycles. The van der Waals surface area contributed by atoms with E-state index in [-0.39, 0.29) is 31.4 Å². The summed E-state index contributed by atoms with van der Waals surface area (Å²) in [7, 11) is 0.222. The molecule has 0 bridgehead atoms. The molecule has 0 saturated carbocycles. The first kappa shape index (κ1) is 37.3. The normalized spacial score (nSPS) is 14.5. The van der Waals surface area contributed by atoms with Crippen molar-refractivity contribution in [2.45, 2.75) is 89.7 Å². The fraction of sp³-hybridized carbons (Fsp3) is 0.447. The fourth-order valence-electron chi connectivity index (χ4n) is 4.56. The zero-order valence-electron chi connectivity index (χ0n) is 28.1. The van der Waals surface area contributed by atoms with Gasteiger partial charge in [-0.3, -0.25) is 4.79 Å². The van der Waals surface area contributed by atoms with Crippen LogP contribution in [-0.2, 0) is 53.0 Å². The largest absolute Gasteiger partial charge is 0.469 e. The maximum absolute atomic E-state index is 12.5. The van der Waals surface area contributed by atoms with Gasteiger partial charge in [-0.15, -0.1) is 0 Å². The first-order chi connectivity index (χ1) is 22.2. The highest BCUT2D eigenvalue weighted by Gasteiger charge is 2.26. The van der Waals surface area contributed by atoms with Gasteiger partial charge in [-0.25, -0.2) is 0 Å². The summed E-state index contributed by atoms with van der Waals surface area (Å²) in [6, 6.07) is 31.0. The predicted molar refractivity (Wildman–Crippen MR) is 185 cm³/mol. The summed E-state index contributed by atoms with van der Waals surface area (Å²) in [5.74, 6) is -0.368. The number of esters is 1. The predicted octanol–water partition coefficient (Wildman–Crippen LogP) is 7.97. The van der Waals surface area contributed by atoms with Crippen LogP contribution in [0.4, 0.5) is 0 Å². The SMILES string of the molecule is COC(=O)C[C@H](OCc1ccccc1)[C@H](/C=C/[C@H](C[C@@H](C)OCOCC[Si](C)(C)C)OCc1ccccc1)OCc1ccccc1. The lowest BCUT2D eigenvalue weighted by atomic mass is 10.1. The van der Waals surface area contributed by atoms with Gasteiger partial charge in [0.15, 0.2) is 0 Å². The topological polar surface area (TPSA) is 72.5 Å². The van der Waals surface area contributed by atoms with Crippen molar-refractivity contribution in [1.29, 1.82) is 0 Å². The van der Waals surface area contributed by atoms with E-state index >= 15 is 0 Å². The Morgan fingerprint density at radius 2 is 1.24 bits per heavy atom. The molecule has 0 aliphatic rings. The van der Waals surface area contributed by atoms with Crippen molar-refractivity contribution < 1.29 is 33.2 Å². The van der Waals surface area contributed by atoms with Crippen molar-refractivity contribution in [2.24, 2.45) is 0 Å². The Hall–Kier alpha value is -3.11. The third-order valence-corrected chi connectivity index (χ3v) is 9.08. The van der Waals surface area contributed by atoms with Crippen molar-refractivity contribution in [1.82, 2.24) is 0 Å². The van der Waals surface area contributed by atoms with Crippen LogP contribution in [0.1, 0.15) is 36.5 Å². The Kier molecular flexibility index (Phi) is 17.0. The van der Waals surface area contributed by atoms with Crippen molar-refractivity contribution in [3.8, 4) is 0 Å². The Morgan fingerprint density at radius 1 is 0.717 bits per heavy atom. The minimum absolute atomic E-state index is 0.0386. The van der Waals surface area contributed by atoms with Crippen LogP contribution in [0.5, 0.6) is 0 Å². The number of ether oxygens (including phenoxy) is 6. The highest BCUT2D eigenvalue weighted by Crippen LogP contribution is 2.19. The van der Waals surface area contributed by atoms with Crippen LogP contribution in [0, 0.1) is 0 Å². The molecule has 250 valence electrons. The smallest absolute Gasteiger partial charge is 0.308 e. The van der Waals surface area contributed by atoms with Gasteiger partial charge in [-0.2, -0.15) is 0 Å². The maximum atomic E-state index is 12.5. The summed E-state index contributed by atoms with van der Waals surface area (Å²) in [5.41, 5.74) is 3.11. The third-order valence-electron chi connectivity index (χ3n) is 7.37. The van der Waals surface area contributed by atoms with E-state index in [0.717, 1.165) is 22.7 Å². The van der Waals surface area contributed by atoms with E-state index in [2.05, 4.69) is 19.6 Å². The molecule has 0 N–H and O–H groups in total. The molecule has 0 spiro atoms. The van der Waals surface area contributed by atoms with Crippen LogP contribution in [0.3, 0.4) is 0 Å². The number of methoxy groups -OCH3 is 1. The molecule has 0 aromatic heterocycles. The van der Waals surface area contributed by atoms with Gasteiger partial charge in [0.05, 0.1) is 51.7 Å². The molecule has 0 aliphatic carbocycles. The van der Waals surface area contributed by atoms with Gasteiger partial charge < -0.3 is 28.4 Å². The molecular formula is C38H52O7Si. The van der Waals surface area contributed by atoms with Crippen LogP contribution >= 0.6 is 0 Å². The van der Waals surface area contributed by atoms with Gasteiger partial charge in [0.1, 0.15) is 12.9 Å². The van der Waals surface area contributed by atoms with Gasteiger partial charge >= 0.3 is 5.97 Å². The van der Waals surface area contributed by atoms with Crippen LogP contribution in [0.2, 0.25) is 25.7 Å². The monoisotopic (exact) mass is 648 g/mol. The summed E-state index contributed by atoms with van der Waals surface area (Å²) in [6.07, 6.45) is 3.07. The van der Waals surface area contributed by atoms with Crippen LogP contribution < -0.4 is 0 Å². The van der Waals surface area contributed by atoms with Gasteiger partial charge in [0.2, 0.25) is 0 Å². The van der Waals surface area contributed by atoms with E-state index in [1.807, 2.05) is 110 Å². The second-order valence-electron chi connectivity index (χ2n) is 12.6. The molecule has 0 radical (unpaired) electrons. The number of rotatable bonds is 22. The van der Waals surface area contributed by atoms with Gasteiger partial charge in [0, 0.05) is 21.1 Å². The Labute approximate surface area is 276 Å². The number of carbonyl (C=O) groups is 1. The van der Waals surface area contributed by atoms with E-state index in [0.29, 0.717) is 32.8 Å². The Bertz CT molecular complexity index is 1250. The van der Waals surface area contributed by atoms with Gasteiger partial charge in [-0.05, 0) is 29.7 Å². The average molecular weight is 649 g/mol. The molecule has 3 aromatic rings. The van der Waals surface area contributed by atoms with E-state index in [1.54, 1.807) is 0 Å². The van der Waals surface area contributed by atoms with E-state index in [4.69, 9.17) is 28.4 Å². The summed E-state index contributed by atoms with van der Waals surface area (Å²) >= 11 is 0. The highest BCUT2D eigenvalue weighted by molar-refractivity contribution is 6.76. The summed E-state index contributed by atoms with van der Waals surface area (Å²) < 4.78 is 36.0. The van der Waals surface area contributed by atoms with Crippen LogP contribution in [0.15, 0.2) is 103 Å². The Morgan fingerprint density at radius 3 is 1.76 bits per heavy atom. The fourth-order valence-corrected chi connectivity index (χ4v) is 5.32. The van der Waals surface area contributed by atoms with E-state index in [1.165, 1.54) is 7.11 Å². The number of hydrogen-bond donors (Lipinski definition) is 0. The number of carbonyl (C=O) groups excluding carboxylic acids is 1. The summed E-state index contributed by atoms with van der Waals surface area (Å²) in [6.45, 7) is 11.1. The number of hydrogen-bond acceptors (Lipinski definition) is 7. The van der Waals surface area contributed by atoms with Crippen molar-refractivity contribution in [3.05, 3.63) is 120 Å². The standard InChI is InChI=1S/C38H52O7Si/c1-31(45-30-41-23-24-46(3,4)5)25-35(42-27-32-15-9-6-10-16-32)21-22-36(43-28-33-17-11-7-12-18-33)37(26-38(39)40-2)44-29-34-19-13-8-14-20-34/h6-22,31,35-37H,23-30H2,1-5H3/b22-21+/t31-,35-,36+,37+/m1/s1. The quantitative estimate of drug-likeness (QED) is 0.0360. The van der Waals surface area contributed by atoms with Gasteiger partial charge in [-0.1, -0.05) is 123 Å². The molecule has 0 unspecified atom stereocenters. The molecule has 3 aromatic carbocycles. The third kappa shape index (κ3) is 15.9. The lowest BCUT2D eigenvalue weighted by Crippen LogP contribution is -2.33. The molecule has 0 amide bonds. The average Bonchev–Trinajstić information content (AvgIpc) is 3.06. The minimum atomic E-state index is -1.16. The molecular weight excluding hydrogens is 596 g/mol. The number of benzene rings is 3. The van der Waals surface area contributed by atoms with Crippen molar-refractivity contribution >= 4 is 14.0 Å². The van der Waals surface area contributed by atoms with E-state index in [9.17, 15) is 4.79 Å². The molecule has 0 heterocycles. The van der Waals surface area contributed by atoms with Gasteiger partial charge in [0.25, 0.3) is 0 Å². The molecule has 0 saturated heterocycles. The highest BCUT2D eigenvalue weighted by atomic mass is 28.3. The molecule has 46 heavy (non-hydrogen) atoms. The maximum Gasteiger partial charge on any atom is 0.308 e. The molecule has 3 rings (SSSR count). The van der Waals surface area contributed by atoms with Crippen LogP contribution in [-0.4, -0.2) is 59.0 Å². The van der Waals surface area contributed by atoms with Crippen molar-refractivity contribution in [3.63, 3.8) is 0 Å². The molecule has 8 heteroatoms. The first-order valence-electron chi connectivity index (χ1n) is 16.1. The zero-order chi connectivity index (χ0) is 33.0. The first-order valence-corrected chi connectivity index (χ1v) is 19.8.